The summed E-state index contributed by atoms with van der Waals surface area (Å²) in [6.45, 7) is 0. The first-order chi connectivity index (χ1) is 9.17. The molecule has 0 spiro atoms. The Balaban J connectivity index is 2.48. The summed E-state index contributed by atoms with van der Waals surface area (Å²) in [6, 6.07) is 14.1. The number of ether oxygens (including phenoxy) is 2. The Kier molecular flexibility index (Phi) is 5.10. The molecule has 0 aliphatic rings. The van der Waals surface area contributed by atoms with Gasteiger partial charge in [-0.1, -0.05) is 34.1 Å². The van der Waals surface area contributed by atoms with Gasteiger partial charge in [-0.3, -0.25) is 0 Å². The molecule has 1 unspecified atom stereocenters. The van der Waals surface area contributed by atoms with E-state index in [4.69, 9.17) is 9.47 Å². The summed E-state index contributed by atoms with van der Waals surface area (Å²) in [6.07, 6.45) is 0. The van der Waals surface area contributed by atoms with Gasteiger partial charge in [0.1, 0.15) is 11.5 Å². The minimum Gasteiger partial charge on any atom is -0.497 e. The third kappa shape index (κ3) is 3.23. The van der Waals surface area contributed by atoms with Crippen LogP contribution in [0, 0.1) is 3.57 Å². The van der Waals surface area contributed by atoms with E-state index in [0.29, 0.717) is 0 Å². The molecule has 0 bridgehead atoms. The molecule has 2 rings (SSSR count). The lowest BCUT2D eigenvalue weighted by molar-refractivity contribution is 0.399. The molecule has 0 saturated carbocycles. The molecule has 0 amide bonds. The molecule has 0 saturated heterocycles. The number of hydrogen-bond acceptors (Lipinski definition) is 2. The van der Waals surface area contributed by atoms with E-state index in [9.17, 15) is 0 Å². The predicted molar refractivity (Wildman–Crippen MR) is 89.5 cm³/mol. The first kappa shape index (κ1) is 14.7. The molecule has 19 heavy (non-hydrogen) atoms. The van der Waals surface area contributed by atoms with Gasteiger partial charge in [-0.2, -0.15) is 0 Å². The molecule has 0 aliphatic carbocycles. The molecule has 2 nitrogen and oxygen atoms in total. The van der Waals surface area contributed by atoms with Gasteiger partial charge < -0.3 is 9.47 Å². The quantitative estimate of drug-likeness (QED) is 0.510. The van der Waals surface area contributed by atoms with Gasteiger partial charge in [0.05, 0.1) is 19.0 Å². The van der Waals surface area contributed by atoms with Crippen LogP contribution in [0.1, 0.15) is 16.0 Å². The average Bonchev–Trinajstić information content (AvgIpc) is 2.46. The van der Waals surface area contributed by atoms with Crippen LogP contribution in [0.2, 0.25) is 0 Å². The Morgan fingerprint density at radius 2 is 1.74 bits per heavy atom. The van der Waals surface area contributed by atoms with Gasteiger partial charge in [0.2, 0.25) is 0 Å². The highest BCUT2D eigenvalue weighted by molar-refractivity contribution is 14.1. The van der Waals surface area contributed by atoms with Gasteiger partial charge in [0, 0.05) is 9.13 Å². The second kappa shape index (κ2) is 6.61. The van der Waals surface area contributed by atoms with E-state index in [0.717, 1.165) is 17.1 Å². The Bertz CT molecular complexity index is 572. The number of methoxy groups -OCH3 is 2. The molecule has 2 aromatic carbocycles. The Labute approximate surface area is 135 Å². The third-order valence-electron chi connectivity index (χ3n) is 2.89. The first-order valence-electron chi connectivity index (χ1n) is 5.77. The molecular formula is C15H14BrIO2. The minimum atomic E-state index is 0.0747. The summed E-state index contributed by atoms with van der Waals surface area (Å²) in [4.78, 5) is 0.0747. The number of alkyl halides is 1. The maximum atomic E-state index is 5.44. The molecule has 0 radical (unpaired) electrons. The van der Waals surface area contributed by atoms with Gasteiger partial charge >= 0.3 is 0 Å². The van der Waals surface area contributed by atoms with Crippen molar-refractivity contribution in [3.05, 3.63) is 57.2 Å². The second-order valence-electron chi connectivity index (χ2n) is 3.99. The van der Waals surface area contributed by atoms with Crippen molar-refractivity contribution < 1.29 is 9.47 Å². The van der Waals surface area contributed by atoms with Gasteiger partial charge in [-0.15, -0.1) is 0 Å². The molecule has 4 heteroatoms. The maximum absolute atomic E-state index is 5.44. The van der Waals surface area contributed by atoms with E-state index >= 15 is 0 Å². The summed E-state index contributed by atoms with van der Waals surface area (Å²) >= 11 is 6.10. The van der Waals surface area contributed by atoms with E-state index in [1.54, 1.807) is 14.2 Å². The highest BCUT2D eigenvalue weighted by atomic mass is 127. The van der Waals surface area contributed by atoms with Crippen molar-refractivity contribution in [3.63, 3.8) is 0 Å². The van der Waals surface area contributed by atoms with Crippen LogP contribution in [0.25, 0.3) is 0 Å². The summed E-state index contributed by atoms with van der Waals surface area (Å²) in [5.41, 5.74) is 2.28. The minimum absolute atomic E-state index is 0.0747. The maximum Gasteiger partial charge on any atom is 0.123 e. The van der Waals surface area contributed by atoms with Crippen molar-refractivity contribution in [1.82, 2.24) is 0 Å². The van der Waals surface area contributed by atoms with Crippen LogP contribution in [0.3, 0.4) is 0 Å². The lowest BCUT2D eigenvalue weighted by atomic mass is 10.0. The van der Waals surface area contributed by atoms with Crippen LogP contribution >= 0.6 is 38.5 Å². The SMILES string of the molecule is COc1ccc(OC)c(C(Br)c2ccccc2I)c1. The van der Waals surface area contributed by atoms with Crippen molar-refractivity contribution >= 4 is 38.5 Å². The third-order valence-corrected chi connectivity index (χ3v) is 4.86. The lowest BCUT2D eigenvalue weighted by Gasteiger charge is -2.17. The van der Waals surface area contributed by atoms with Gasteiger partial charge in [-0.05, 0) is 52.4 Å². The Morgan fingerprint density at radius 1 is 1.00 bits per heavy atom. The summed E-state index contributed by atoms with van der Waals surface area (Å²) in [7, 11) is 3.35. The monoisotopic (exact) mass is 432 g/mol. The highest BCUT2D eigenvalue weighted by Gasteiger charge is 2.18. The smallest absolute Gasteiger partial charge is 0.123 e. The summed E-state index contributed by atoms with van der Waals surface area (Å²) in [5, 5.41) is 0. The summed E-state index contributed by atoms with van der Waals surface area (Å²) in [5.74, 6) is 1.67. The standard InChI is InChI=1S/C15H14BrIO2/c1-18-10-7-8-14(19-2)12(9-10)15(16)11-5-3-4-6-13(11)17/h3-9,15H,1-2H3. The van der Waals surface area contributed by atoms with Crippen LogP contribution in [0.5, 0.6) is 11.5 Å². The zero-order valence-electron chi connectivity index (χ0n) is 10.7. The fourth-order valence-electron chi connectivity index (χ4n) is 1.89. The van der Waals surface area contributed by atoms with Gasteiger partial charge in [0.15, 0.2) is 0 Å². The van der Waals surface area contributed by atoms with Crippen LogP contribution < -0.4 is 9.47 Å². The molecule has 0 aliphatic heterocycles. The highest BCUT2D eigenvalue weighted by Crippen LogP contribution is 2.39. The Morgan fingerprint density at radius 3 is 2.37 bits per heavy atom. The van der Waals surface area contributed by atoms with Crippen molar-refractivity contribution in [3.8, 4) is 11.5 Å². The molecular weight excluding hydrogens is 419 g/mol. The van der Waals surface area contributed by atoms with E-state index < -0.39 is 0 Å². The van der Waals surface area contributed by atoms with Crippen LogP contribution in [-0.2, 0) is 0 Å². The topological polar surface area (TPSA) is 18.5 Å². The van der Waals surface area contributed by atoms with E-state index in [1.165, 1.54) is 9.13 Å². The molecule has 0 N–H and O–H groups in total. The van der Waals surface area contributed by atoms with Crippen LogP contribution in [0.15, 0.2) is 42.5 Å². The van der Waals surface area contributed by atoms with E-state index in [1.807, 2.05) is 30.3 Å². The van der Waals surface area contributed by atoms with Crippen molar-refractivity contribution in [2.45, 2.75) is 4.83 Å². The fourth-order valence-corrected chi connectivity index (χ4v) is 3.77. The van der Waals surface area contributed by atoms with Crippen molar-refractivity contribution in [2.24, 2.45) is 0 Å². The normalized spacial score (nSPS) is 12.0. The van der Waals surface area contributed by atoms with Gasteiger partial charge in [-0.25, -0.2) is 0 Å². The zero-order chi connectivity index (χ0) is 13.8. The van der Waals surface area contributed by atoms with E-state index in [-0.39, 0.29) is 4.83 Å². The lowest BCUT2D eigenvalue weighted by Crippen LogP contribution is -1.99. The van der Waals surface area contributed by atoms with Crippen molar-refractivity contribution in [2.75, 3.05) is 14.2 Å². The largest absolute Gasteiger partial charge is 0.497 e. The number of rotatable bonds is 4. The molecule has 100 valence electrons. The molecule has 1 atom stereocenters. The molecule has 0 aromatic heterocycles. The van der Waals surface area contributed by atoms with Crippen LogP contribution in [0.4, 0.5) is 0 Å². The van der Waals surface area contributed by atoms with E-state index in [2.05, 4.69) is 50.7 Å². The number of halogens is 2. The summed E-state index contributed by atoms with van der Waals surface area (Å²) < 4.78 is 11.9. The average molecular weight is 433 g/mol. The number of benzene rings is 2. The first-order valence-corrected chi connectivity index (χ1v) is 7.77. The molecule has 0 fully saturated rings. The van der Waals surface area contributed by atoms with Crippen LogP contribution in [-0.4, -0.2) is 14.2 Å². The fraction of sp³-hybridized carbons (Fsp3) is 0.200. The van der Waals surface area contributed by atoms with Gasteiger partial charge in [0.25, 0.3) is 0 Å². The Hall–Kier alpha value is -0.750. The molecule has 0 heterocycles. The molecule has 2 aromatic rings. The number of hydrogen-bond donors (Lipinski definition) is 0. The zero-order valence-corrected chi connectivity index (χ0v) is 14.4. The predicted octanol–water partition coefficient (Wildman–Crippen LogP) is 4.79. The van der Waals surface area contributed by atoms with Crippen molar-refractivity contribution in [1.29, 1.82) is 0 Å². The second-order valence-corrected chi connectivity index (χ2v) is 6.07.